The lowest BCUT2D eigenvalue weighted by Gasteiger charge is -2.24. The number of rotatable bonds is 4. The minimum absolute atomic E-state index is 0.169. The van der Waals surface area contributed by atoms with E-state index >= 15 is 0 Å². The highest BCUT2D eigenvalue weighted by Gasteiger charge is 2.33. The van der Waals surface area contributed by atoms with E-state index < -0.39 is 12.1 Å². The van der Waals surface area contributed by atoms with Gasteiger partial charge in [-0.25, -0.2) is 9.59 Å². The van der Waals surface area contributed by atoms with Crippen LogP contribution >= 0.6 is 0 Å². The van der Waals surface area contributed by atoms with Crippen LogP contribution in [0.5, 0.6) is 5.75 Å². The first kappa shape index (κ1) is 19.5. The number of carbonyl (C=O) groups is 2. The Hall–Kier alpha value is -3.81. The molecule has 0 atom stereocenters. The number of carboxylic acids is 1. The first-order valence-corrected chi connectivity index (χ1v) is 9.54. The number of hydrogen-bond acceptors (Lipinski definition) is 5. The topological polar surface area (TPSA) is 116 Å². The summed E-state index contributed by atoms with van der Waals surface area (Å²) in [5, 5.41) is 16.2. The smallest absolute Gasteiger partial charge is 0.412 e. The highest BCUT2D eigenvalue weighted by atomic mass is 16.6. The van der Waals surface area contributed by atoms with Crippen molar-refractivity contribution < 1.29 is 19.4 Å². The van der Waals surface area contributed by atoms with Crippen LogP contribution in [0.3, 0.4) is 0 Å². The molecule has 154 valence electrons. The van der Waals surface area contributed by atoms with Crippen LogP contribution in [-0.4, -0.2) is 33.7 Å². The van der Waals surface area contributed by atoms with Gasteiger partial charge in [-0.1, -0.05) is 19.9 Å². The number of H-pyrrole nitrogens is 1. The molecule has 0 radical (unpaired) electrons. The Bertz CT molecular complexity index is 1150. The van der Waals surface area contributed by atoms with Crippen LogP contribution in [0.25, 0.3) is 16.5 Å². The maximum Gasteiger partial charge on any atom is 0.412 e. The van der Waals surface area contributed by atoms with Crippen molar-refractivity contribution in [3.8, 4) is 5.75 Å². The fourth-order valence-electron chi connectivity index (χ4n) is 3.69. The fraction of sp³-hybridized carbons (Fsp3) is 0.227. The van der Waals surface area contributed by atoms with E-state index in [2.05, 4.69) is 20.6 Å². The summed E-state index contributed by atoms with van der Waals surface area (Å²) in [6, 6.07) is 10.7. The lowest BCUT2D eigenvalue weighted by atomic mass is 9.82. The van der Waals surface area contributed by atoms with Gasteiger partial charge in [0.05, 0.1) is 23.5 Å². The van der Waals surface area contributed by atoms with E-state index in [4.69, 9.17) is 4.74 Å². The highest BCUT2D eigenvalue weighted by Crippen LogP contribution is 2.39. The van der Waals surface area contributed by atoms with Gasteiger partial charge in [0, 0.05) is 35.3 Å². The van der Waals surface area contributed by atoms with Crippen LogP contribution < -0.4 is 15.4 Å². The SMILES string of the molecule is CC1(C)CNC=C(C(=O)O)c2[nH]c3ccc(OC(=O)NCc4ccccn4)cc3c21. The molecule has 8 nitrogen and oxygen atoms in total. The summed E-state index contributed by atoms with van der Waals surface area (Å²) < 4.78 is 5.44. The molecule has 0 saturated carbocycles. The molecule has 3 heterocycles. The summed E-state index contributed by atoms with van der Waals surface area (Å²) in [5.41, 5.74) is 2.76. The molecular weight excluding hydrogens is 384 g/mol. The summed E-state index contributed by atoms with van der Waals surface area (Å²) in [6.07, 6.45) is 2.59. The predicted molar refractivity (Wildman–Crippen MR) is 112 cm³/mol. The molecule has 1 aliphatic heterocycles. The van der Waals surface area contributed by atoms with Crippen molar-refractivity contribution in [1.82, 2.24) is 20.6 Å². The van der Waals surface area contributed by atoms with Gasteiger partial charge in [-0.2, -0.15) is 0 Å². The number of carboxylic acid groups (broad SMARTS) is 1. The second-order valence-electron chi connectivity index (χ2n) is 7.77. The molecule has 1 aliphatic rings. The summed E-state index contributed by atoms with van der Waals surface area (Å²) >= 11 is 0. The van der Waals surface area contributed by atoms with Crippen LogP contribution in [0.15, 0.2) is 48.8 Å². The number of amides is 1. The number of pyridine rings is 1. The molecule has 4 rings (SSSR count). The van der Waals surface area contributed by atoms with Crippen molar-refractivity contribution in [3.63, 3.8) is 0 Å². The Labute approximate surface area is 173 Å². The first-order chi connectivity index (χ1) is 14.3. The molecule has 1 aromatic carbocycles. The summed E-state index contributed by atoms with van der Waals surface area (Å²) in [5.74, 6) is -0.643. The summed E-state index contributed by atoms with van der Waals surface area (Å²) in [4.78, 5) is 31.3. The van der Waals surface area contributed by atoms with Gasteiger partial charge in [0.15, 0.2) is 0 Å². The number of aromatic nitrogens is 2. The number of ether oxygens (including phenoxy) is 1. The maximum atomic E-state index is 12.2. The van der Waals surface area contributed by atoms with Gasteiger partial charge in [0.2, 0.25) is 0 Å². The molecule has 0 unspecified atom stereocenters. The Morgan fingerprint density at radius 1 is 1.27 bits per heavy atom. The maximum absolute atomic E-state index is 12.2. The Balaban J connectivity index is 1.63. The van der Waals surface area contributed by atoms with E-state index in [-0.39, 0.29) is 17.5 Å². The fourth-order valence-corrected chi connectivity index (χ4v) is 3.69. The van der Waals surface area contributed by atoms with Crippen LogP contribution in [0, 0.1) is 0 Å². The summed E-state index contributed by atoms with van der Waals surface area (Å²) in [7, 11) is 0. The largest absolute Gasteiger partial charge is 0.478 e. The molecular formula is C22H22N4O4. The van der Waals surface area contributed by atoms with E-state index in [0.717, 1.165) is 22.2 Å². The molecule has 3 aromatic rings. The van der Waals surface area contributed by atoms with E-state index in [1.54, 1.807) is 30.5 Å². The molecule has 0 aliphatic carbocycles. The van der Waals surface area contributed by atoms with Gasteiger partial charge >= 0.3 is 12.1 Å². The number of nitrogens with one attached hydrogen (secondary N) is 3. The van der Waals surface area contributed by atoms with Crippen molar-refractivity contribution in [3.05, 3.63) is 65.7 Å². The number of fused-ring (bicyclic) bond motifs is 3. The third-order valence-corrected chi connectivity index (χ3v) is 5.09. The van der Waals surface area contributed by atoms with Crippen molar-refractivity contribution >= 4 is 28.5 Å². The Morgan fingerprint density at radius 2 is 2.10 bits per heavy atom. The zero-order chi connectivity index (χ0) is 21.3. The van der Waals surface area contributed by atoms with Gasteiger partial charge in [-0.3, -0.25) is 4.98 Å². The van der Waals surface area contributed by atoms with Crippen LogP contribution in [-0.2, 0) is 16.8 Å². The quantitative estimate of drug-likeness (QED) is 0.529. The highest BCUT2D eigenvalue weighted by molar-refractivity contribution is 6.17. The van der Waals surface area contributed by atoms with Crippen LogP contribution in [0.4, 0.5) is 4.79 Å². The van der Waals surface area contributed by atoms with Gasteiger partial charge in [0.25, 0.3) is 0 Å². The molecule has 0 fully saturated rings. The number of aliphatic carboxylic acids is 1. The second-order valence-corrected chi connectivity index (χ2v) is 7.77. The van der Waals surface area contributed by atoms with Gasteiger partial charge in [-0.15, -0.1) is 0 Å². The van der Waals surface area contributed by atoms with Crippen molar-refractivity contribution in [2.75, 3.05) is 6.54 Å². The minimum Gasteiger partial charge on any atom is -0.478 e. The lowest BCUT2D eigenvalue weighted by Crippen LogP contribution is -2.29. The molecule has 0 saturated heterocycles. The van der Waals surface area contributed by atoms with Crippen molar-refractivity contribution in [2.45, 2.75) is 25.8 Å². The third-order valence-electron chi connectivity index (χ3n) is 5.09. The van der Waals surface area contributed by atoms with Gasteiger partial charge in [-0.05, 0) is 35.9 Å². The molecule has 0 bridgehead atoms. The minimum atomic E-state index is -1.02. The van der Waals surface area contributed by atoms with Crippen LogP contribution in [0.1, 0.15) is 30.8 Å². The molecule has 1 amide bonds. The number of nitrogens with zero attached hydrogens (tertiary/aromatic N) is 1. The zero-order valence-electron chi connectivity index (χ0n) is 16.7. The van der Waals surface area contributed by atoms with E-state index in [9.17, 15) is 14.7 Å². The zero-order valence-corrected chi connectivity index (χ0v) is 16.7. The van der Waals surface area contributed by atoms with Crippen molar-refractivity contribution in [2.24, 2.45) is 0 Å². The average Bonchev–Trinajstić information content (AvgIpc) is 3.03. The predicted octanol–water partition coefficient (Wildman–Crippen LogP) is 3.16. The van der Waals surface area contributed by atoms with Crippen molar-refractivity contribution in [1.29, 1.82) is 0 Å². The normalized spacial score (nSPS) is 14.8. The molecule has 30 heavy (non-hydrogen) atoms. The van der Waals surface area contributed by atoms with E-state index in [1.807, 2.05) is 26.0 Å². The first-order valence-electron chi connectivity index (χ1n) is 9.54. The standard InChI is InChI=1S/C22H22N4O4/c1-22(2)12-23-11-16(20(27)28)19-18(22)15-9-14(6-7-17(15)26-19)30-21(29)25-10-13-5-3-4-8-24-13/h3-9,11,23,26H,10,12H2,1-2H3,(H,25,29)(H,27,28). The Morgan fingerprint density at radius 3 is 2.83 bits per heavy atom. The third kappa shape index (κ3) is 3.71. The second kappa shape index (κ2) is 7.55. The Kier molecular flexibility index (Phi) is 4.91. The van der Waals surface area contributed by atoms with Crippen LogP contribution in [0.2, 0.25) is 0 Å². The molecule has 2 aromatic heterocycles. The molecule has 8 heteroatoms. The number of hydrogen-bond donors (Lipinski definition) is 4. The monoisotopic (exact) mass is 406 g/mol. The molecule has 0 spiro atoms. The lowest BCUT2D eigenvalue weighted by molar-refractivity contribution is -0.130. The van der Waals surface area contributed by atoms with Gasteiger partial charge in [0.1, 0.15) is 5.75 Å². The number of benzene rings is 1. The molecule has 4 N–H and O–H groups in total. The average molecular weight is 406 g/mol. The van der Waals surface area contributed by atoms with E-state index in [1.165, 1.54) is 6.20 Å². The number of carbonyl (C=O) groups excluding carboxylic acids is 1. The number of aromatic amines is 1. The summed E-state index contributed by atoms with van der Waals surface area (Å²) in [6.45, 7) is 4.90. The van der Waals surface area contributed by atoms with Gasteiger partial charge < -0.3 is 25.5 Å². The van der Waals surface area contributed by atoms with E-state index in [0.29, 0.717) is 18.0 Å².